The molecule has 0 spiro atoms. The molecule has 3 rings (SSSR count). The number of carbonyl (C=O) groups excluding carboxylic acids is 1. The Hall–Kier alpha value is -2.25. The summed E-state index contributed by atoms with van der Waals surface area (Å²) in [6, 6.07) is 12.8. The number of nitrogens with zero attached hydrogens (tertiary/aromatic N) is 2. The normalized spacial score (nSPS) is 16.9. The molecule has 0 saturated heterocycles. The first kappa shape index (κ1) is 20.5. The Morgan fingerprint density at radius 2 is 1.86 bits per heavy atom. The van der Waals surface area contributed by atoms with Crippen molar-refractivity contribution in [3.8, 4) is 0 Å². The molecule has 0 N–H and O–H groups in total. The van der Waals surface area contributed by atoms with Gasteiger partial charge in [0, 0.05) is 31.7 Å². The molecule has 0 fully saturated rings. The summed E-state index contributed by atoms with van der Waals surface area (Å²) in [6.45, 7) is 2.26. The molecule has 1 unspecified atom stereocenters. The topological polar surface area (TPSA) is 57.7 Å². The molecule has 1 amide bonds. The Morgan fingerprint density at radius 1 is 1.18 bits per heavy atom. The molecule has 2 aromatic carbocycles. The minimum absolute atomic E-state index is 0.00669. The van der Waals surface area contributed by atoms with Crippen molar-refractivity contribution in [1.29, 1.82) is 0 Å². The summed E-state index contributed by atoms with van der Waals surface area (Å²) in [6.07, 6.45) is 2.56. The standard InChI is InChI=1S/C21H25FN2O3S/c1-16-9-10-17-6-3-4-7-20(17)24(16)21(25)8-5-15-23(2)28(26,27)19-13-11-18(22)12-14-19/h3-4,6-7,11-14,16H,5,8-10,15H2,1-2H3. The van der Waals surface area contributed by atoms with Gasteiger partial charge in [-0.05, 0) is 62.1 Å². The molecule has 1 atom stereocenters. The number of sulfonamides is 1. The molecular weight excluding hydrogens is 379 g/mol. The lowest BCUT2D eigenvalue weighted by Crippen LogP contribution is -2.42. The number of rotatable bonds is 6. The van der Waals surface area contributed by atoms with Crippen molar-refractivity contribution in [2.24, 2.45) is 0 Å². The third-order valence-electron chi connectivity index (χ3n) is 5.18. The maximum Gasteiger partial charge on any atom is 0.242 e. The highest BCUT2D eigenvalue weighted by atomic mass is 32.2. The molecule has 1 heterocycles. The molecule has 150 valence electrons. The highest BCUT2D eigenvalue weighted by Gasteiger charge is 2.28. The molecule has 28 heavy (non-hydrogen) atoms. The van der Waals surface area contributed by atoms with Crippen LogP contribution >= 0.6 is 0 Å². The highest BCUT2D eigenvalue weighted by molar-refractivity contribution is 7.89. The summed E-state index contributed by atoms with van der Waals surface area (Å²) in [5, 5.41) is 0. The van der Waals surface area contributed by atoms with Gasteiger partial charge in [0.05, 0.1) is 4.90 Å². The summed E-state index contributed by atoms with van der Waals surface area (Å²) in [5.41, 5.74) is 2.13. The Morgan fingerprint density at radius 3 is 2.57 bits per heavy atom. The van der Waals surface area contributed by atoms with Crippen molar-refractivity contribution >= 4 is 21.6 Å². The predicted octanol–water partition coefficient (Wildman–Crippen LogP) is 3.59. The summed E-state index contributed by atoms with van der Waals surface area (Å²) >= 11 is 0. The number of hydrogen-bond donors (Lipinski definition) is 0. The molecule has 7 heteroatoms. The predicted molar refractivity (Wildman–Crippen MR) is 107 cm³/mol. The van der Waals surface area contributed by atoms with Gasteiger partial charge in [0.1, 0.15) is 5.82 Å². The Bertz CT molecular complexity index is 944. The SMILES string of the molecule is CC1CCc2ccccc2N1C(=O)CCCN(C)S(=O)(=O)c1ccc(F)cc1. The monoisotopic (exact) mass is 404 g/mol. The van der Waals surface area contributed by atoms with Crippen molar-refractivity contribution in [1.82, 2.24) is 4.31 Å². The summed E-state index contributed by atoms with van der Waals surface area (Å²) in [7, 11) is -2.22. The zero-order valence-electron chi connectivity index (χ0n) is 16.1. The molecule has 0 aromatic heterocycles. The van der Waals surface area contributed by atoms with Crippen LogP contribution in [0, 0.1) is 5.82 Å². The van der Waals surface area contributed by atoms with E-state index >= 15 is 0 Å². The molecule has 0 bridgehead atoms. The number of anilines is 1. The number of para-hydroxylation sites is 1. The molecule has 5 nitrogen and oxygen atoms in total. The maximum absolute atomic E-state index is 13.0. The third kappa shape index (κ3) is 4.25. The van der Waals surface area contributed by atoms with E-state index in [0.29, 0.717) is 6.42 Å². The van der Waals surface area contributed by atoms with E-state index in [1.165, 1.54) is 29.0 Å². The van der Waals surface area contributed by atoms with Gasteiger partial charge in [-0.3, -0.25) is 4.79 Å². The van der Waals surface area contributed by atoms with Crippen molar-refractivity contribution in [2.45, 2.75) is 43.5 Å². The number of halogens is 1. The maximum atomic E-state index is 13.0. The zero-order chi connectivity index (χ0) is 20.3. The smallest absolute Gasteiger partial charge is 0.242 e. The quantitative estimate of drug-likeness (QED) is 0.739. The van der Waals surface area contributed by atoms with Crippen LogP contribution in [-0.2, 0) is 21.2 Å². The van der Waals surface area contributed by atoms with E-state index in [1.807, 2.05) is 36.1 Å². The third-order valence-corrected chi connectivity index (χ3v) is 7.05. The lowest BCUT2D eigenvalue weighted by molar-refractivity contribution is -0.119. The first-order valence-electron chi connectivity index (χ1n) is 9.42. The highest BCUT2D eigenvalue weighted by Crippen LogP contribution is 2.31. The number of benzene rings is 2. The van der Waals surface area contributed by atoms with Crippen LogP contribution in [0.1, 0.15) is 31.7 Å². The molecule has 0 aliphatic carbocycles. The fourth-order valence-corrected chi connectivity index (χ4v) is 4.76. The van der Waals surface area contributed by atoms with Crippen LogP contribution < -0.4 is 4.90 Å². The molecule has 2 aromatic rings. The van der Waals surface area contributed by atoms with Gasteiger partial charge in [-0.25, -0.2) is 17.1 Å². The van der Waals surface area contributed by atoms with Crippen LogP contribution in [0.2, 0.25) is 0 Å². The van der Waals surface area contributed by atoms with Crippen LogP contribution in [0.15, 0.2) is 53.4 Å². The molecule has 0 saturated carbocycles. The van der Waals surface area contributed by atoms with E-state index < -0.39 is 15.8 Å². The minimum atomic E-state index is -3.70. The van der Waals surface area contributed by atoms with Gasteiger partial charge in [0.15, 0.2) is 0 Å². The lowest BCUT2D eigenvalue weighted by atomic mass is 9.96. The van der Waals surface area contributed by atoms with E-state index in [2.05, 4.69) is 0 Å². The minimum Gasteiger partial charge on any atom is -0.309 e. The van der Waals surface area contributed by atoms with Gasteiger partial charge in [-0.2, -0.15) is 0 Å². The molecule has 1 aliphatic rings. The summed E-state index contributed by atoms with van der Waals surface area (Å²) < 4.78 is 39.3. The summed E-state index contributed by atoms with van der Waals surface area (Å²) in [4.78, 5) is 14.7. The van der Waals surface area contributed by atoms with Crippen LogP contribution in [0.25, 0.3) is 0 Å². The van der Waals surface area contributed by atoms with Crippen molar-refractivity contribution in [3.63, 3.8) is 0 Å². The average Bonchev–Trinajstić information content (AvgIpc) is 2.68. The first-order valence-corrected chi connectivity index (χ1v) is 10.9. The van der Waals surface area contributed by atoms with Gasteiger partial charge >= 0.3 is 0 Å². The van der Waals surface area contributed by atoms with E-state index in [-0.39, 0.29) is 29.8 Å². The van der Waals surface area contributed by atoms with E-state index in [1.54, 1.807) is 0 Å². The van der Waals surface area contributed by atoms with Gasteiger partial charge in [-0.15, -0.1) is 0 Å². The van der Waals surface area contributed by atoms with Crippen molar-refractivity contribution < 1.29 is 17.6 Å². The zero-order valence-corrected chi connectivity index (χ0v) is 17.0. The number of fused-ring (bicyclic) bond motifs is 1. The van der Waals surface area contributed by atoms with E-state index in [0.717, 1.165) is 30.7 Å². The van der Waals surface area contributed by atoms with Crippen molar-refractivity contribution in [2.75, 3.05) is 18.5 Å². The fourth-order valence-electron chi connectivity index (χ4n) is 3.55. The second-order valence-electron chi connectivity index (χ2n) is 7.16. The van der Waals surface area contributed by atoms with Gasteiger partial charge < -0.3 is 4.90 Å². The molecule has 1 aliphatic heterocycles. The largest absolute Gasteiger partial charge is 0.309 e. The lowest BCUT2D eigenvalue weighted by Gasteiger charge is -2.35. The van der Waals surface area contributed by atoms with Crippen LogP contribution in [0.5, 0.6) is 0 Å². The number of carbonyl (C=O) groups is 1. The van der Waals surface area contributed by atoms with Crippen molar-refractivity contribution in [3.05, 3.63) is 59.9 Å². The second kappa shape index (κ2) is 8.41. The first-order chi connectivity index (χ1) is 13.3. The van der Waals surface area contributed by atoms with E-state index in [9.17, 15) is 17.6 Å². The Labute approximate surface area is 165 Å². The second-order valence-corrected chi connectivity index (χ2v) is 9.21. The van der Waals surface area contributed by atoms with Crippen LogP contribution in [0.4, 0.5) is 10.1 Å². The Kier molecular flexibility index (Phi) is 6.15. The van der Waals surface area contributed by atoms with Gasteiger partial charge in [0.2, 0.25) is 15.9 Å². The average molecular weight is 405 g/mol. The van der Waals surface area contributed by atoms with Gasteiger partial charge in [-0.1, -0.05) is 18.2 Å². The Balaban J connectivity index is 1.62. The number of hydrogen-bond acceptors (Lipinski definition) is 3. The van der Waals surface area contributed by atoms with Crippen LogP contribution in [-0.4, -0.2) is 38.3 Å². The van der Waals surface area contributed by atoms with Gasteiger partial charge in [0.25, 0.3) is 0 Å². The molecule has 0 radical (unpaired) electrons. The van der Waals surface area contributed by atoms with Crippen LogP contribution in [0.3, 0.4) is 0 Å². The number of amides is 1. The van der Waals surface area contributed by atoms with E-state index in [4.69, 9.17) is 0 Å². The number of aryl methyl sites for hydroxylation is 1. The fraction of sp³-hybridized carbons (Fsp3) is 0.381. The summed E-state index contributed by atoms with van der Waals surface area (Å²) in [5.74, 6) is -0.477. The molecular formula is C21H25FN2O3S.